The summed E-state index contributed by atoms with van der Waals surface area (Å²) in [7, 11) is 0. The molecule has 6 heteroatoms. The highest BCUT2D eigenvalue weighted by atomic mass is 16.2. The van der Waals surface area contributed by atoms with Crippen molar-refractivity contribution in [2.75, 3.05) is 6.54 Å². The quantitative estimate of drug-likeness (QED) is 0.917. The number of rotatable bonds is 2. The number of amides is 1. The van der Waals surface area contributed by atoms with Crippen LogP contribution in [-0.2, 0) is 0 Å². The molecule has 1 N–H and O–H groups in total. The third-order valence-electron chi connectivity index (χ3n) is 3.96. The van der Waals surface area contributed by atoms with E-state index in [4.69, 9.17) is 0 Å². The van der Waals surface area contributed by atoms with Crippen molar-refractivity contribution in [2.24, 2.45) is 0 Å². The fourth-order valence-corrected chi connectivity index (χ4v) is 2.82. The normalized spacial score (nSPS) is 18.8. The number of likely N-dealkylation sites (tertiary alicyclic amines) is 1. The number of aryl methyl sites for hydroxylation is 2. The highest BCUT2D eigenvalue weighted by Crippen LogP contribution is 2.32. The number of aromatic amines is 1. The van der Waals surface area contributed by atoms with Crippen LogP contribution in [0.25, 0.3) is 0 Å². The summed E-state index contributed by atoms with van der Waals surface area (Å²) in [4.78, 5) is 23.0. The Morgan fingerprint density at radius 2 is 2.10 bits per heavy atom. The number of hydrogen-bond acceptors (Lipinski definition) is 4. The van der Waals surface area contributed by atoms with Gasteiger partial charge in [0.05, 0.1) is 29.8 Å². The summed E-state index contributed by atoms with van der Waals surface area (Å²) in [5.41, 5.74) is 3.34. The first-order valence-corrected chi connectivity index (χ1v) is 7.26. The number of carbonyl (C=O) groups excluding carboxylic acids is 1. The number of hydrogen-bond donors (Lipinski definition) is 1. The lowest BCUT2D eigenvalue weighted by Gasteiger charge is -2.35. The monoisotopic (exact) mass is 285 g/mol. The Morgan fingerprint density at radius 3 is 2.76 bits per heavy atom. The highest BCUT2D eigenvalue weighted by Gasteiger charge is 2.31. The molecule has 0 bridgehead atoms. The van der Waals surface area contributed by atoms with Crippen molar-refractivity contribution in [2.45, 2.75) is 39.2 Å². The van der Waals surface area contributed by atoms with Crippen LogP contribution in [0.4, 0.5) is 0 Å². The lowest BCUT2D eigenvalue weighted by Crippen LogP contribution is -2.39. The first-order valence-electron chi connectivity index (χ1n) is 7.26. The minimum Gasteiger partial charge on any atom is -0.329 e. The van der Waals surface area contributed by atoms with Gasteiger partial charge < -0.3 is 4.90 Å². The molecule has 2 aromatic rings. The summed E-state index contributed by atoms with van der Waals surface area (Å²) < 4.78 is 0. The number of piperidine rings is 1. The molecule has 0 unspecified atom stereocenters. The molecule has 1 aliphatic heterocycles. The molecular formula is C15H19N5O. The van der Waals surface area contributed by atoms with Gasteiger partial charge in [-0.3, -0.25) is 14.9 Å². The topological polar surface area (TPSA) is 74.8 Å². The summed E-state index contributed by atoms with van der Waals surface area (Å²) in [6.07, 6.45) is 8.09. The molecule has 1 amide bonds. The third-order valence-corrected chi connectivity index (χ3v) is 3.96. The number of nitrogens with zero attached hydrogens (tertiary/aromatic N) is 4. The molecule has 3 heterocycles. The van der Waals surface area contributed by atoms with Gasteiger partial charge in [-0.2, -0.15) is 5.10 Å². The van der Waals surface area contributed by atoms with Gasteiger partial charge >= 0.3 is 0 Å². The van der Waals surface area contributed by atoms with Crippen LogP contribution in [0, 0.1) is 13.8 Å². The molecule has 0 spiro atoms. The first-order chi connectivity index (χ1) is 10.2. The maximum atomic E-state index is 12.7. The standard InChI is InChI=1S/C15H19N5O/c1-10-7-18-19-14(10)13-5-3-4-6-20(13)15(21)12-9-16-11(2)8-17-12/h7-9,13H,3-6H2,1-2H3,(H,18,19)/t13-/m0/s1. The average Bonchev–Trinajstić information content (AvgIpc) is 2.93. The Balaban J connectivity index is 1.89. The Kier molecular flexibility index (Phi) is 3.68. The largest absolute Gasteiger partial charge is 0.329 e. The summed E-state index contributed by atoms with van der Waals surface area (Å²) in [6, 6.07) is 0.0526. The first kappa shape index (κ1) is 13.7. The maximum Gasteiger partial charge on any atom is 0.274 e. The Bertz CT molecular complexity index is 634. The summed E-state index contributed by atoms with van der Waals surface area (Å²) in [5, 5.41) is 7.12. The number of nitrogens with one attached hydrogen (secondary N) is 1. The molecule has 2 aromatic heterocycles. The maximum absolute atomic E-state index is 12.7. The van der Waals surface area contributed by atoms with E-state index in [9.17, 15) is 4.79 Å². The SMILES string of the molecule is Cc1cnc(C(=O)N2CCCC[C@H]2c2[nH]ncc2C)cn1. The minimum absolute atomic E-state index is 0.0526. The van der Waals surface area contributed by atoms with Crippen LogP contribution in [0.2, 0.25) is 0 Å². The fraction of sp³-hybridized carbons (Fsp3) is 0.467. The van der Waals surface area contributed by atoms with Gasteiger partial charge in [-0.15, -0.1) is 0 Å². The van der Waals surface area contributed by atoms with Crippen LogP contribution in [0.15, 0.2) is 18.6 Å². The van der Waals surface area contributed by atoms with E-state index in [2.05, 4.69) is 20.2 Å². The predicted molar refractivity (Wildman–Crippen MR) is 77.7 cm³/mol. The van der Waals surface area contributed by atoms with Gasteiger partial charge in [-0.25, -0.2) is 4.98 Å². The molecule has 1 fully saturated rings. The molecule has 1 aliphatic rings. The predicted octanol–water partition coefficient (Wildman–Crippen LogP) is 2.18. The lowest BCUT2D eigenvalue weighted by atomic mass is 9.97. The van der Waals surface area contributed by atoms with Crippen molar-refractivity contribution >= 4 is 5.91 Å². The summed E-state index contributed by atoms with van der Waals surface area (Å²) in [6.45, 7) is 4.62. The van der Waals surface area contributed by atoms with Gasteiger partial charge in [-0.05, 0) is 38.7 Å². The molecule has 21 heavy (non-hydrogen) atoms. The highest BCUT2D eigenvalue weighted by molar-refractivity contribution is 5.92. The van der Waals surface area contributed by atoms with Gasteiger partial charge in [0.1, 0.15) is 5.69 Å². The van der Waals surface area contributed by atoms with E-state index in [0.717, 1.165) is 42.8 Å². The van der Waals surface area contributed by atoms with Gasteiger partial charge in [-0.1, -0.05) is 0 Å². The van der Waals surface area contributed by atoms with Gasteiger partial charge in [0.2, 0.25) is 0 Å². The average molecular weight is 285 g/mol. The Morgan fingerprint density at radius 1 is 1.24 bits per heavy atom. The van der Waals surface area contributed by atoms with E-state index < -0.39 is 0 Å². The van der Waals surface area contributed by atoms with E-state index in [-0.39, 0.29) is 11.9 Å². The van der Waals surface area contributed by atoms with Crippen LogP contribution < -0.4 is 0 Å². The molecule has 0 radical (unpaired) electrons. The van der Waals surface area contributed by atoms with Crippen molar-refractivity contribution in [1.82, 2.24) is 25.1 Å². The second kappa shape index (κ2) is 5.63. The van der Waals surface area contributed by atoms with E-state index in [1.807, 2.05) is 18.7 Å². The van der Waals surface area contributed by atoms with Crippen molar-refractivity contribution in [3.05, 3.63) is 41.2 Å². The Labute approximate surface area is 123 Å². The summed E-state index contributed by atoms with van der Waals surface area (Å²) in [5.74, 6) is -0.0544. The molecule has 1 saturated heterocycles. The zero-order chi connectivity index (χ0) is 14.8. The number of carbonyl (C=O) groups is 1. The lowest BCUT2D eigenvalue weighted by molar-refractivity contribution is 0.0598. The van der Waals surface area contributed by atoms with Crippen LogP contribution in [-0.4, -0.2) is 37.5 Å². The molecule has 0 aliphatic carbocycles. The zero-order valence-corrected chi connectivity index (χ0v) is 12.3. The van der Waals surface area contributed by atoms with E-state index >= 15 is 0 Å². The van der Waals surface area contributed by atoms with Crippen LogP contribution in [0.5, 0.6) is 0 Å². The van der Waals surface area contributed by atoms with Gasteiger partial charge in [0.15, 0.2) is 0 Å². The zero-order valence-electron chi connectivity index (χ0n) is 12.3. The smallest absolute Gasteiger partial charge is 0.274 e. The van der Waals surface area contributed by atoms with Crippen molar-refractivity contribution in [1.29, 1.82) is 0 Å². The third kappa shape index (κ3) is 2.66. The molecule has 3 rings (SSSR count). The van der Waals surface area contributed by atoms with E-state index in [1.54, 1.807) is 18.6 Å². The van der Waals surface area contributed by atoms with Crippen LogP contribution in [0.3, 0.4) is 0 Å². The molecule has 0 aromatic carbocycles. The molecule has 110 valence electrons. The van der Waals surface area contributed by atoms with E-state index in [0.29, 0.717) is 5.69 Å². The van der Waals surface area contributed by atoms with Crippen molar-refractivity contribution in [3.8, 4) is 0 Å². The summed E-state index contributed by atoms with van der Waals surface area (Å²) >= 11 is 0. The second-order valence-corrected chi connectivity index (χ2v) is 5.52. The van der Waals surface area contributed by atoms with Gasteiger partial charge in [0, 0.05) is 12.7 Å². The second-order valence-electron chi connectivity index (χ2n) is 5.52. The Hall–Kier alpha value is -2.24. The van der Waals surface area contributed by atoms with Crippen LogP contribution in [0.1, 0.15) is 52.7 Å². The van der Waals surface area contributed by atoms with Gasteiger partial charge in [0.25, 0.3) is 5.91 Å². The fourth-order valence-electron chi connectivity index (χ4n) is 2.82. The van der Waals surface area contributed by atoms with E-state index in [1.165, 1.54) is 0 Å². The molecular weight excluding hydrogens is 266 g/mol. The number of aromatic nitrogens is 4. The molecule has 6 nitrogen and oxygen atoms in total. The van der Waals surface area contributed by atoms with Crippen LogP contribution >= 0.6 is 0 Å². The number of H-pyrrole nitrogens is 1. The minimum atomic E-state index is -0.0544. The van der Waals surface area contributed by atoms with Crippen molar-refractivity contribution in [3.63, 3.8) is 0 Å². The molecule has 0 saturated carbocycles. The van der Waals surface area contributed by atoms with Crippen molar-refractivity contribution < 1.29 is 4.79 Å². The molecule has 1 atom stereocenters.